The standard InChI is InChI=1S/C20H19ClN4O3/c1-4-12-6-5-7-14(21)17(12)28-20-23-15(9-16(24-20)18(22)26)13-8-11(2)19(27)25(3)10-13/h5-10H,4H2,1-3H3,(H2,22,26). The molecule has 0 bridgehead atoms. The second-order valence-electron chi connectivity index (χ2n) is 6.30. The molecule has 0 fully saturated rings. The van der Waals surface area contributed by atoms with Crippen LogP contribution in [0.3, 0.4) is 0 Å². The van der Waals surface area contributed by atoms with E-state index in [1.807, 2.05) is 19.1 Å². The molecule has 2 heterocycles. The summed E-state index contributed by atoms with van der Waals surface area (Å²) >= 11 is 6.27. The number of para-hydroxylation sites is 1. The number of pyridine rings is 1. The van der Waals surface area contributed by atoms with Gasteiger partial charge in [0, 0.05) is 24.4 Å². The summed E-state index contributed by atoms with van der Waals surface area (Å²) in [5.41, 5.74) is 7.76. The van der Waals surface area contributed by atoms with Gasteiger partial charge in [-0.1, -0.05) is 30.7 Å². The van der Waals surface area contributed by atoms with Crippen molar-refractivity contribution in [3.05, 3.63) is 68.7 Å². The summed E-state index contributed by atoms with van der Waals surface area (Å²) in [6.07, 6.45) is 2.32. The van der Waals surface area contributed by atoms with Crippen LogP contribution in [0.2, 0.25) is 5.02 Å². The lowest BCUT2D eigenvalue weighted by Gasteiger charge is -2.12. The fourth-order valence-electron chi connectivity index (χ4n) is 2.80. The highest BCUT2D eigenvalue weighted by Gasteiger charge is 2.16. The zero-order valence-corrected chi connectivity index (χ0v) is 16.4. The molecule has 2 N–H and O–H groups in total. The molecule has 0 aliphatic heterocycles. The fraction of sp³-hybridized carbons (Fsp3) is 0.200. The van der Waals surface area contributed by atoms with Crippen LogP contribution in [0, 0.1) is 6.92 Å². The molecule has 0 aliphatic carbocycles. The number of hydrogen-bond acceptors (Lipinski definition) is 5. The van der Waals surface area contributed by atoms with Gasteiger partial charge in [0.25, 0.3) is 11.5 Å². The van der Waals surface area contributed by atoms with Gasteiger partial charge >= 0.3 is 6.01 Å². The van der Waals surface area contributed by atoms with Gasteiger partial charge in [-0.3, -0.25) is 9.59 Å². The summed E-state index contributed by atoms with van der Waals surface area (Å²) < 4.78 is 7.28. The van der Waals surface area contributed by atoms with Crippen LogP contribution in [-0.2, 0) is 13.5 Å². The third-order valence-electron chi connectivity index (χ3n) is 4.24. The number of rotatable bonds is 5. The SMILES string of the molecule is CCc1cccc(Cl)c1Oc1nc(C(N)=O)cc(-c2cc(C)c(=O)n(C)c2)n1. The molecule has 0 saturated heterocycles. The number of nitrogens with two attached hydrogens (primary N) is 1. The van der Waals surface area contributed by atoms with Gasteiger partial charge in [0.1, 0.15) is 5.69 Å². The lowest BCUT2D eigenvalue weighted by atomic mass is 10.1. The molecule has 2 aromatic heterocycles. The van der Waals surface area contributed by atoms with Gasteiger partial charge in [0.15, 0.2) is 5.75 Å². The molecule has 144 valence electrons. The van der Waals surface area contributed by atoms with Crippen LogP contribution in [0.25, 0.3) is 11.3 Å². The van der Waals surface area contributed by atoms with Crippen LogP contribution in [0.1, 0.15) is 28.5 Å². The first kappa shape index (κ1) is 19.6. The Bertz CT molecular complexity index is 1100. The Hall–Kier alpha value is -3.19. The zero-order valence-electron chi connectivity index (χ0n) is 15.7. The van der Waals surface area contributed by atoms with Gasteiger partial charge in [-0.2, -0.15) is 9.97 Å². The van der Waals surface area contributed by atoms with E-state index < -0.39 is 5.91 Å². The van der Waals surface area contributed by atoms with Crippen molar-refractivity contribution < 1.29 is 9.53 Å². The number of carbonyl (C=O) groups excluding carboxylic acids is 1. The number of aromatic nitrogens is 3. The first-order valence-electron chi connectivity index (χ1n) is 8.62. The van der Waals surface area contributed by atoms with Crippen molar-refractivity contribution >= 4 is 17.5 Å². The second kappa shape index (κ2) is 7.82. The minimum absolute atomic E-state index is 0.00314. The Balaban J connectivity index is 2.14. The summed E-state index contributed by atoms with van der Waals surface area (Å²) in [5, 5.41) is 0.409. The maximum absolute atomic E-state index is 12.0. The third kappa shape index (κ3) is 3.89. The number of aryl methyl sites for hydroxylation is 3. The lowest BCUT2D eigenvalue weighted by Crippen LogP contribution is -2.19. The molecule has 1 aromatic carbocycles. The van der Waals surface area contributed by atoms with Crippen molar-refractivity contribution in [1.29, 1.82) is 0 Å². The summed E-state index contributed by atoms with van der Waals surface area (Å²) in [7, 11) is 1.64. The molecule has 3 rings (SSSR count). The van der Waals surface area contributed by atoms with Crippen LogP contribution >= 0.6 is 11.6 Å². The van der Waals surface area contributed by atoms with E-state index in [0.29, 0.717) is 34.0 Å². The second-order valence-corrected chi connectivity index (χ2v) is 6.70. The van der Waals surface area contributed by atoms with Crippen LogP contribution < -0.4 is 16.0 Å². The van der Waals surface area contributed by atoms with Crippen molar-refractivity contribution in [2.24, 2.45) is 12.8 Å². The molecule has 0 unspecified atom stereocenters. The fourth-order valence-corrected chi connectivity index (χ4v) is 3.03. The first-order valence-corrected chi connectivity index (χ1v) is 8.99. The van der Waals surface area contributed by atoms with Gasteiger partial charge in [-0.25, -0.2) is 0 Å². The summed E-state index contributed by atoms with van der Waals surface area (Å²) in [6.45, 7) is 3.68. The summed E-state index contributed by atoms with van der Waals surface area (Å²) in [5.74, 6) is -0.291. The Morgan fingerprint density at radius 1 is 1.29 bits per heavy atom. The van der Waals surface area contributed by atoms with E-state index in [-0.39, 0.29) is 17.3 Å². The van der Waals surface area contributed by atoms with E-state index in [2.05, 4.69) is 9.97 Å². The van der Waals surface area contributed by atoms with Gasteiger partial charge < -0.3 is 15.0 Å². The smallest absolute Gasteiger partial charge is 0.323 e. The molecular weight excluding hydrogens is 380 g/mol. The maximum atomic E-state index is 12.0. The van der Waals surface area contributed by atoms with E-state index in [1.165, 1.54) is 10.6 Å². The Kier molecular flexibility index (Phi) is 5.46. The molecule has 0 aliphatic rings. The van der Waals surface area contributed by atoms with Crippen molar-refractivity contribution in [3.63, 3.8) is 0 Å². The minimum Gasteiger partial charge on any atom is -0.422 e. The largest absolute Gasteiger partial charge is 0.422 e. The van der Waals surface area contributed by atoms with E-state index in [4.69, 9.17) is 22.1 Å². The molecule has 3 aromatic rings. The van der Waals surface area contributed by atoms with E-state index in [0.717, 1.165) is 5.56 Å². The maximum Gasteiger partial charge on any atom is 0.323 e. The molecule has 0 atom stereocenters. The summed E-state index contributed by atoms with van der Waals surface area (Å²) in [6, 6.07) is 8.50. The van der Waals surface area contributed by atoms with Crippen LogP contribution in [0.4, 0.5) is 0 Å². The number of primary amides is 1. The van der Waals surface area contributed by atoms with E-state index >= 15 is 0 Å². The van der Waals surface area contributed by atoms with Crippen LogP contribution in [-0.4, -0.2) is 20.4 Å². The highest BCUT2D eigenvalue weighted by Crippen LogP contribution is 2.33. The quantitative estimate of drug-likeness (QED) is 0.710. The van der Waals surface area contributed by atoms with E-state index in [1.54, 1.807) is 32.3 Å². The molecule has 8 heteroatoms. The number of amides is 1. The van der Waals surface area contributed by atoms with Crippen molar-refractivity contribution in [2.75, 3.05) is 0 Å². The highest BCUT2D eigenvalue weighted by atomic mass is 35.5. The average molecular weight is 399 g/mol. The lowest BCUT2D eigenvalue weighted by molar-refractivity contribution is 0.0994. The monoisotopic (exact) mass is 398 g/mol. The summed E-state index contributed by atoms with van der Waals surface area (Å²) in [4.78, 5) is 32.2. The topological polar surface area (TPSA) is 100 Å². The first-order chi connectivity index (χ1) is 13.3. The Morgan fingerprint density at radius 2 is 2.04 bits per heavy atom. The molecular formula is C20H19ClN4O3. The van der Waals surface area contributed by atoms with Gasteiger partial charge in [-0.05, 0) is 37.1 Å². The number of carbonyl (C=O) groups is 1. The van der Waals surface area contributed by atoms with E-state index in [9.17, 15) is 9.59 Å². The van der Waals surface area contributed by atoms with Crippen molar-refractivity contribution in [2.45, 2.75) is 20.3 Å². The predicted octanol–water partition coefficient (Wildman–Crippen LogP) is 3.26. The van der Waals surface area contributed by atoms with Gasteiger partial charge in [-0.15, -0.1) is 0 Å². The molecule has 0 saturated carbocycles. The zero-order chi connectivity index (χ0) is 20.4. The third-order valence-corrected chi connectivity index (χ3v) is 4.54. The predicted molar refractivity (Wildman–Crippen MR) is 107 cm³/mol. The molecule has 0 radical (unpaired) electrons. The van der Waals surface area contributed by atoms with Gasteiger partial charge in [0.2, 0.25) is 0 Å². The molecule has 7 nitrogen and oxygen atoms in total. The minimum atomic E-state index is -0.718. The van der Waals surface area contributed by atoms with Crippen molar-refractivity contribution in [1.82, 2.24) is 14.5 Å². The average Bonchev–Trinajstić information content (AvgIpc) is 2.67. The molecule has 28 heavy (non-hydrogen) atoms. The Labute approximate surface area is 166 Å². The number of ether oxygens (including phenoxy) is 1. The number of benzene rings is 1. The number of halogens is 1. The number of hydrogen-bond donors (Lipinski definition) is 1. The molecule has 1 amide bonds. The Morgan fingerprint density at radius 3 is 2.68 bits per heavy atom. The van der Waals surface area contributed by atoms with Crippen LogP contribution in [0.15, 0.2) is 41.3 Å². The number of nitrogens with zero attached hydrogens (tertiary/aromatic N) is 3. The molecule has 0 spiro atoms. The van der Waals surface area contributed by atoms with Crippen molar-refractivity contribution in [3.8, 4) is 23.0 Å². The van der Waals surface area contributed by atoms with Gasteiger partial charge in [0.05, 0.1) is 10.7 Å². The van der Waals surface area contributed by atoms with Crippen LogP contribution in [0.5, 0.6) is 11.8 Å². The normalized spacial score (nSPS) is 10.7. The highest BCUT2D eigenvalue weighted by molar-refractivity contribution is 6.32.